The van der Waals surface area contributed by atoms with Gasteiger partial charge in [-0.25, -0.2) is 0 Å². The number of nitrogens with one attached hydrogen (secondary N) is 2. The molecule has 0 aromatic rings. The van der Waals surface area contributed by atoms with Gasteiger partial charge in [-0.2, -0.15) is 0 Å². The summed E-state index contributed by atoms with van der Waals surface area (Å²) in [6, 6.07) is 0.637. The maximum atomic E-state index is 11.6. The van der Waals surface area contributed by atoms with Crippen LogP contribution in [0.25, 0.3) is 0 Å². The molecule has 1 aliphatic rings. The molecular weight excluding hydrogens is 230 g/mol. The Hall–Kier alpha value is -0.650. The fourth-order valence-corrected chi connectivity index (χ4v) is 2.22. The number of hydrogen-bond donors (Lipinski definition) is 2. The summed E-state index contributed by atoms with van der Waals surface area (Å²) in [7, 11) is 3.63. The van der Waals surface area contributed by atoms with Crippen molar-refractivity contribution in [2.75, 3.05) is 46.9 Å². The molecule has 1 heterocycles. The second-order valence-corrected chi connectivity index (χ2v) is 5.02. The van der Waals surface area contributed by atoms with Crippen LogP contribution in [0, 0.1) is 0 Å². The van der Waals surface area contributed by atoms with E-state index in [1.807, 2.05) is 7.05 Å². The molecule has 106 valence electrons. The lowest BCUT2D eigenvalue weighted by Crippen LogP contribution is -2.40. The van der Waals surface area contributed by atoms with Crippen LogP contribution in [0.15, 0.2) is 0 Å². The molecule has 1 amide bonds. The second kappa shape index (κ2) is 9.30. The zero-order valence-electron chi connectivity index (χ0n) is 11.7. The Bertz CT molecular complexity index is 230. The molecule has 1 atom stereocenters. The number of amides is 1. The molecule has 0 aliphatic carbocycles. The Morgan fingerprint density at radius 1 is 1.50 bits per heavy atom. The molecule has 5 nitrogen and oxygen atoms in total. The fraction of sp³-hybridized carbons (Fsp3) is 0.923. The van der Waals surface area contributed by atoms with E-state index < -0.39 is 0 Å². The maximum Gasteiger partial charge on any atom is 0.234 e. The minimum Gasteiger partial charge on any atom is -0.383 e. The first-order valence-corrected chi connectivity index (χ1v) is 6.90. The van der Waals surface area contributed by atoms with Crippen molar-refractivity contribution in [3.8, 4) is 0 Å². The van der Waals surface area contributed by atoms with Gasteiger partial charge in [-0.1, -0.05) is 6.42 Å². The Morgan fingerprint density at radius 2 is 2.33 bits per heavy atom. The average molecular weight is 257 g/mol. The molecule has 0 radical (unpaired) electrons. The highest BCUT2D eigenvalue weighted by atomic mass is 16.5. The number of piperidine rings is 1. The van der Waals surface area contributed by atoms with Crippen molar-refractivity contribution >= 4 is 5.91 Å². The van der Waals surface area contributed by atoms with E-state index in [-0.39, 0.29) is 5.91 Å². The van der Waals surface area contributed by atoms with E-state index >= 15 is 0 Å². The molecule has 1 fully saturated rings. The lowest BCUT2D eigenvalue weighted by atomic mass is 10.0. The summed E-state index contributed by atoms with van der Waals surface area (Å²) in [4.78, 5) is 13.6. The third kappa shape index (κ3) is 6.93. The number of ether oxygens (including phenoxy) is 1. The van der Waals surface area contributed by atoms with E-state index in [2.05, 4.69) is 15.5 Å². The van der Waals surface area contributed by atoms with Gasteiger partial charge in [-0.15, -0.1) is 0 Å². The van der Waals surface area contributed by atoms with Gasteiger partial charge >= 0.3 is 0 Å². The Balaban J connectivity index is 2.04. The maximum absolute atomic E-state index is 11.6. The predicted octanol–water partition coefficient (Wildman–Crippen LogP) is 0.213. The first-order valence-electron chi connectivity index (χ1n) is 6.90. The Kier molecular flexibility index (Phi) is 7.96. The minimum absolute atomic E-state index is 0.0751. The van der Waals surface area contributed by atoms with Gasteiger partial charge < -0.3 is 15.4 Å². The molecule has 0 aromatic heterocycles. The average Bonchev–Trinajstić information content (AvgIpc) is 2.38. The number of nitrogens with zero attached hydrogens (tertiary/aromatic N) is 1. The van der Waals surface area contributed by atoms with Crippen LogP contribution in [-0.2, 0) is 9.53 Å². The van der Waals surface area contributed by atoms with E-state index in [4.69, 9.17) is 4.74 Å². The molecule has 1 unspecified atom stereocenters. The van der Waals surface area contributed by atoms with Gasteiger partial charge in [0.1, 0.15) is 0 Å². The van der Waals surface area contributed by atoms with Gasteiger partial charge in [0.25, 0.3) is 0 Å². The number of hydrogen-bond acceptors (Lipinski definition) is 4. The summed E-state index contributed by atoms with van der Waals surface area (Å²) in [6.45, 7) is 3.74. The zero-order valence-corrected chi connectivity index (χ0v) is 11.7. The van der Waals surface area contributed by atoms with Crippen LogP contribution in [0.1, 0.15) is 25.7 Å². The van der Waals surface area contributed by atoms with Crippen LogP contribution < -0.4 is 10.6 Å². The molecule has 1 saturated heterocycles. The molecule has 1 aliphatic heterocycles. The number of likely N-dealkylation sites (N-methyl/N-ethyl adjacent to an activating group) is 1. The minimum atomic E-state index is 0.0751. The fourth-order valence-electron chi connectivity index (χ4n) is 2.22. The van der Waals surface area contributed by atoms with Crippen LogP contribution in [0.2, 0.25) is 0 Å². The van der Waals surface area contributed by atoms with Crippen LogP contribution >= 0.6 is 0 Å². The summed E-state index contributed by atoms with van der Waals surface area (Å²) in [6.07, 6.45) is 5.03. The van der Waals surface area contributed by atoms with Gasteiger partial charge in [0, 0.05) is 19.7 Å². The van der Waals surface area contributed by atoms with Gasteiger partial charge in [-0.05, 0) is 39.4 Å². The zero-order chi connectivity index (χ0) is 13.2. The van der Waals surface area contributed by atoms with E-state index in [0.717, 1.165) is 19.5 Å². The van der Waals surface area contributed by atoms with Crippen molar-refractivity contribution < 1.29 is 9.53 Å². The summed E-state index contributed by atoms with van der Waals surface area (Å²) < 4.78 is 4.89. The van der Waals surface area contributed by atoms with Gasteiger partial charge in [0.15, 0.2) is 0 Å². The topological polar surface area (TPSA) is 53.6 Å². The van der Waals surface area contributed by atoms with Crippen LogP contribution in [0.4, 0.5) is 0 Å². The van der Waals surface area contributed by atoms with Crippen LogP contribution in [0.5, 0.6) is 0 Å². The molecule has 1 rings (SSSR count). The highest BCUT2D eigenvalue weighted by Crippen LogP contribution is 2.10. The molecule has 18 heavy (non-hydrogen) atoms. The van der Waals surface area contributed by atoms with E-state index in [9.17, 15) is 4.79 Å². The van der Waals surface area contributed by atoms with E-state index in [0.29, 0.717) is 25.7 Å². The van der Waals surface area contributed by atoms with E-state index in [1.54, 1.807) is 7.11 Å². The number of carbonyl (C=O) groups is 1. The van der Waals surface area contributed by atoms with Gasteiger partial charge in [0.2, 0.25) is 5.91 Å². The predicted molar refractivity (Wildman–Crippen MR) is 72.6 cm³/mol. The monoisotopic (exact) mass is 257 g/mol. The molecule has 2 N–H and O–H groups in total. The highest BCUT2D eigenvalue weighted by Gasteiger charge is 2.13. The van der Waals surface area contributed by atoms with Crippen molar-refractivity contribution in [2.45, 2.75) is 31.7 Å². The van der Waals surface area contributed by atoms with Crippen molar-refractivity contribution in [1.82, 2.24) is 15.5 Å². The summed E-state index contributed by atoms with van der Waals surface area (Å²) in [5.41, 5.74) is 0. The van der Waals surface area contributed by atoms with Gasteiger partial charge in [0.05, 0.1) is 13.2 Å². The normalized spacial score (nSPS) is 20.1. The molecule has 0 bridgehead atoms. The number of carbonyl (C=O) groups excluding carboxylic acids is 1. The van der Waals surface area contributed by atoms with Gasteiger partial charge in [-0.3, -0.25) is 9.69 Å². The first-order chi connectivity index (χ1) is 8.72. The molecular formula is C13H27N3O2. The third-order valence-electron chi connectivity index (χ3n) is 3.31. The lowest BCUT2D eigenvalue weighted by molar-refractivity contribution is -0.122. The number of rotatable bonds is 8. The van der Waals surface area contributed by atoms with E-state index in [1.165, 1.54) is 19.3 Å². The highest BCUT2D eigenvalue weighted by molar-refractivity contribution is 5.77. The Labute approximate surface area is 110 Å². The SMILES string of the molecule is COCCNC(=O)CN(C)CCC1CCCCN1. The summed E-state index contributed by atoms with van der Waals surface area (Å²) >= 11 is 0. The second-order valence-electron chi connectivity index (χ2n) is 5.02. The summed E-state index contributed by atoms with van der Waals surface area (Å²) in [5, 5.41) is 6.36. The van der Waals surface area contributed by atoms with Crippen molar-refractivity contribution in [3.05, 3.63) is 0 Å². The van der Waals surface area contributed by atoms with Crippen LogP contribution in [-0.4, -0.2) is 63.8 Å². The largest absolute Gasteiger partial charge is 0.383 e. The quantitative estimate of drug-likeness (QED) is 0.611. The summed E-state index contributed by atoms with van der Waals surface area (Å²) in [5.74, 6) is 0.0751. The van der Waals surface area contributed by atoms with Crippen molar-refractivity contribution in [3.63, 3.8) is 0 Å². The molecule has 5 heteroatoms. The van der Waals surface area contributed by atoms with Crippen LogP contribution in [0.3, 0.4) is 0 Å². The first kappa shape index (κ1) is 15.4. The standard InChI is InChI=1S/C13H27N3O2/c1-16(11-13(17)15-8-10-18-2)9-6-12-5-3-4-7-14-12/h12,14H,3-11H2,1-2H3,(H,15,17). The molecule has 0 saturated carbocycles. The van der Waals surface area contributed by atoms with Crippen molar-refractivity contribution in [2.24, 2.45) is 0 Å². The van der Waals surface area contributed by atoms with Crippen molar-refractivity contribution in [1.29, 1.82) is 0 Å². The number of methoxy groups -OCH3 is 1. The molecule has 0 spiro atoms. The Morgan fingerprint density at radius 3 is 3.00 bits per heavy atom. The lowest BCUT2D eigenvalue weighted by Gasteiger charge is -2.25. The third-order valence-corrected chi connectivity index (χ3v) is 3.31. The molecule has 0 aromatic carbocycles. The smallest absolute Gasteiger partial charge is 0.234 e.